The Hall–Kier alpha value is -2.99. The number of rotatable bonds is 3. The third-order valence-electron chi connectivity index (χ3n) is 3.85. The molecule has 6 heteroatoms. The fourth-order valence-electron chi connectivity index (χ4n) is 2.72. The van der Waals surface area contributed by atoms with Crippen LogP contribution in [-0.4, -0.2) is 22.4 Å². The van der Waals surface area contributed by atoms with E-state index in [0.29, 0.717) is 5.52 Å². The summed E-state index contributed by atoms with van der Waals surface area (Å²) in [5.74, 6) is 0. The molecule has 0 unspecified atom stereocenters. The Kier molecular flexibility index (Phi) is 3.39. The Morgan fingerprint density at radius 1 is 0.833 bits per heavy atom. The van der Waals surface area contributed by atoms with Crippen molar-refractivity contribution in [2.24, 2.45) is 0 Å². The molecule has 0 radical (unpaired) electrons. The van der Waals surface area contributed by atoms with Gasteiger partial charge in [0.25, 0.3) is 10.0 Å². The predicted molar refractivity (Wildman–Crippen MR) is 92.0 cm³/mol. The van der Waals surface area contributed by atoms with Gasteiger partial charge in [0.1, 0.15) is 6.33 Å². The van der Waals surface area contributed by atoms with Crippen LogP contribution in [0, 0.1) is 0 Å². The number of para-hydroxylation sites is 1. The van der Waals surface area contributed by atoms with Gasteiger partial charge >= 0.3 is 0 Å². The van der Waals surface area contributed by atoms with E-state index in [2.05, 4.69) is 9.97 Å². The number of hydrogen-bond acceptors (Lipinski definition) is 4. The van der Waals surface area contributed by atoms with Crippen LogP contribution in [-0.2, 0) is 10.0 Å². The van der Waals surface area contributed by atoms with Gasteiger partial charge in [-0.25, -0.2) is 22.4 Å². The summed E-state index contributed by atoms with van der Waals surface area (Å²) in [7, 11) is -3.68. The van der Waals surface area contributed by atoms with Crippen molar-refractivity contribution in [1.29, 1.82) is 0 Å². The van der Waals surface area contributed by atoms with Crippen molar-refractivity contribution in [1.82, 2.24) is 13.9 Å². The second-order valence-corrected chi connectivity index (χ2v) is 7.12. The third kappa shape index (κ3) is 2.28. The van der Waals surface area contributed by atoms with Crippen LogP contribution in [0.2, 0.25) is 0 Å². The highest BCUT2D eigenvalue weighted by molar-refractivity contribution is 7.90. The van der Waals surface area contributed by atoms with Crippen LogP contribution in [0.25, 0.3) is 22.0 Å². The average Bonchev–Trinajstić information content (AvgIpc) is 3.04. The Labute approximate surface area is 139 Å². The van der Waals surface area contributed by atoms with Crippen LogP contribution in [0.3, 0.4) is 0 Å². The van der Waals surface area contributed by atoms with E-state index in [-0.39, 0.29) is 4.90 Å². The van der Waals surface area contributed by atoms with Gasteiger partial charge in [-0.15, -0.1) is 0 Å². The van der Waals surface area contributed by atoms with E-state index in [9.17, 15) is 8.42 Å². The smallest absolute Gasteiger partial charge is 0.244 e. The Balaban J connectivity index is 2.01. The molecule has 0 atom stereocenters. The minimum Gasteiger partial charge on any atom is -0.244 e. The fourth-order valence-corrected chi connectivity index (χ4v) is 4.11. The molecule has 118 valence electrons. The van der Waals surface area contributed by atoms with Crippen molar-refractivity contribution in [2.75, 3.05) is 0 Å². The standard InChI is InChI=1S/C18H13N3O2S/c22-24(23,15-6-2-1-3-7-15)21-12-17(14-10-19-13-20-11-14)16-8-4-5-9-18(16)21/h1-13H. The lowest BCUT2D eigenvalue weighted by Gasteiger charge is -2.07. The molecule has 2 aromatic heterocycles. The molecule has 0 amide bonds. The van der Waals surface area contributed by atoms with Crippen LogP contribution in [0.4, 0.5) is 0 Å². The number of benzene rings is 2. The van der Waals surface area contributed by atoms with E-state index in [1.807, 2.05) is 18.2 Å². The van der Waals surface area contributed by atoms with Gasteiger partial charge < -0.3 is 0 Å². The topological polar surface area (TPSA) is 64.8 Å². The first-order valence-corrected chi connectivity index (χ1v) is 8.78. The molecule has 0 aliphatic heterocycles. The SMILES string of the molecule is O=S(=O)(c1ccccc1)n1cc(-c2cncnc2)c2ccccc21. The average molecular weight is 335 g/mol. The highest BCUT2D eigenvalue weighted by Crippen LogP contribution is 2.32. The van der Waals surface area contributed by atoms with Crippen molar-refractivity contribution >= 4 is 20.9 Å². The summed E-state index contributed by atoms with van der Waals surface area (Å²) in [6.07, 6.45) is 6.43. The quantitative estimate of drug-likeness (QED) is 0.576. The van der Waals surface area contributed by atoms with E-state index in [4.69, 9.17) is 0 Å². The summed E-state index contributed by atoms with van der Waals surface area (Å²) in [5.41, 5.74) is 2.18. The van der Waals surface area contributed by atoms with E-state index >= 15 is 0 Å². The number of hydrogen-bond donors (Lipinski definition) is 0. The summed E-state index contributed by atoms with van der Waals surface area (Å²) >= 11 is 0. The second-order valence-electron chi connectivity index (χ2n) is 5.30. The van der Waals surface area contributed by atoms with Gasteiger partial charge in [0.05, 0.1) is 10.4 Å². The predicted octanol–water partition coefficient (Wildman–Crippen LogP) is 3.34. The van der Waals surface area contributed by atoms with Gasteiger partial charge in [0.2, 0.25) is 0 Å². The lowest BCUT2D eigenvalue weighted by Crippen LogP contribution is -2.11. The van der Waals surface area contributed by atoms with Crippen LogP contribution in [0.1, 0.15) is 0 Å². The molecular weight excluding hydrogens is 322 g/mol. The van der Waals surface area contributed by atoms with E-state index in [0.717, 1.165) is 16.5 Å². The van der Waals surface area contributed by atoms with Crippen LogP contribution < -0.4 is 0 Å². The van der Waals surface area contributed by atoms with Crippen molar-refractivity contribution in [3.63, 3.8) is 0 Å². The summed E-state index contributed by atoms with van der Waals surface area (Å²) in [5, 5.41) is 0.840. The van der Waals surface area contributed by atoms with Gasteiger partial charge in [-0.3, -0.25) is 0 Å². The van der Waals surface area contributed by atoms with Crippen molar-refractivity contribution in [3.05, 3.63) is 79.5 Å². The maximum absolute atomic E-state index is 13.0. The second kappa shape index (κ2) is 5.58. The Morgan fingerprint density at radius 2 is 1.50 bits per heavy atom. The van der Waals surface area contributed by atoms with Crippen molar-refractivity contribution < 1.29 is 8.42 Å². The molecule has 0 aliphatic carbocycles. The van der Waals surface area contributed by atoms with Gasteiger partial charge in [0.15, 0.2) is 0 Å². The van der Waals surface area contributed by atoms with Gasteiger partial charge in [0, 0.05) is 35.1 Å². The normalized spacial score (nSPS) is 11.7. The highest BCUT2D eigenvalue weighted by atomic mass is 32.2. The molecule has 4 rings (SSSR count). The van der Waals surface area contributed by atoms with Crippen LogP contribution >= 0.6 is 0 Å². The van der Waals surface area contributed by atoms with Crippen molar-refractivity contribution in [2.45, 2.75) is 4.90 Å². The first kappa shape index (κ1) is 14.6. The molecule has 0 saturated carbocycles. The summed E-state index contributed by atoms with van der Waals surface area (Å²) in [6, 6.07) is 15.8. The molecule has 4 aromatic rings. The molecule has 5 nitrogen and oxygen atoms in total. The maximum Gasteiger partial charge on any atom is 0.268 e. The first-order chi connectivity index (χ1) is 11.7. The fraction of sp³-hybridized carbons (Fsp3) is 0. The zero-order valence-electron chi connectivity index (χ0n) is 12.6. The lowest BCUT2D eigenvalue weighted by molar-refractivity contribution is 0.589. The summed E-state index contributed by atoms with van der Waals surface area (Å²) in [4.78, 5) is 8.31. The molecule has 2 aromatic carbocycles. The number of nitrogens with zero attached hydrogens (tertiary/aromatic N) is 3. The van der Waals surface area contributed by atoms with Gasteiger partial charge in [-0.2, -0.15) is 0 Å². The monoisotopic (exact) mass is 335 g/mol. The Morgan fingerprint density at radius 3 is 2.25 bits per heavy atom. The number of aromatic nitrogens is 3. The van der Waals surface area contributed by atoms with Crippen LogP contribution in [0.5, 0.6) is 0 Å². The zero-order valence-corrected chi connectivity index (χ0v) is 13.4. The largest absolute Gasteiger partial charge is 0.268 e. The molecule has 0 fully saturated rings. The first-order valence-electron chi connectivity index (χ1n) is 7.34. The maximum atomic E-state index is 13.0. The minimum absolute atomic E-state index is 0.251. The third-order valence-corrected chi connectivity index (χ3v) is 5.54. The molecule has 2 heterocycles. The molecule has 0 N–H and O–H groups in total. The molecule has 0 saturated heterocycles. The summed E-state index contributed by atoms with van der Waals surface area (Å²) in [6.45, 7) is 0. The number of fused-ring (bicyclic) bond motifs is 1. The van der Waals surface area contributed by atoms with Crippen LogP contribution in [0.15, 0.2) is 84.4 Å². The molecule has 0 spiro atoms. The molecule has 24 heavy (non-hydrogen) atoms. The zero-order chi connectivity index (χ0) is 16.6. The summed E-state index contributed by atoms with van der Waals surface area (Å²) < 4.78 is 27.4. The molecule has 0 bridgehead atoms. The highest BCUT2D eigenvalue weighted by Gasteiger charge is 2.21. The minimum atomic E-state index is -3.68. The van der Waals surface area contributed by atoms with E-state index < -0.39 is 10.0 Å². The molecular formula is C18H13N3O2S. The van der Waals surface area contributed by atoms with E-state index in [1.165, 1.54) is 10.3 Å². The van der Waals surface area contributed by atoms with Crippen molar-refractivity contribution in [3.8, 4) is 11.1 Å². The Bertz CT molecular complexity index is 1100. The van der Waals surface area contributed by atoms with Gasteiger partial charge in [-0.1, -0.05) is 36.4 Å². The van der Waals surface area contributed by atoms with E-state index in [1.54, 1.807) is 55.0 Å². The lowest BCUT2D eigenvalue weighted by atomic mass is 10.1. The van der Waals surface area contributed by atoms with Gasteiger partial charge in [-0.05, 0) is 18.2 Å². The molecule has 0 aliphatic rings.